The number of nitrogens with zero attached hydrogens (tertiary/aromatic N) is 2. The lowest BCUT2D eigenvalue weighted by Gasteiger charge is -2.30. The standard InChI is InChI=1S/C12H21FN4O2/c1-3-5-14-11-15-6-9(13)10(16-11)17-12(4-2,7-18)8-19/h6,18-19H,3-5,7-8H2,1-2H3,(H2,14,15,16,17). The van der Waals surface area contributed by atoms with Gasteiger partial charge >= 0.3 is 0 Å². The van der Waals surface area contributed by atoms with Gasteiger partial charge in [0, 0.05) is 6.54 Å². The van der Waals surface area contributed by atoms with E-state index in [4.69, 9.17) is 0 Å². The number of hydrogen-bond donors (Lipinski definition) is 4. The lowest BCUT2D eigenvalue weighted by atomic mass is 9.98. The molecular weight excluding hydrogens is 251 g/mol. The molecule has 0 aliphatic heterocycles. The Kier molecular flexibility index (Phi) is 5.91. The minimum atomic E-state index is -0.989. The van der Waals surface area contributed by atoms with Gasteiger partial charge in [0.2, 0.25) is 5.95 Å². The largest absolute Gasteiger partial charge is 0.394 e. The maximum atomic E-state index is 13.7. The van der Waals surface area contributed by atoms with E-state index in [2.05, 4.69) is 20.6 Å². The molecule has 0 spiro atoms. The Balaban J connectivity index is 2.92. The zero-order valence-electron chi connectivity index (χ0n) is 11.3. The highest BCUT2D eigenvalue weighted by atomic mass is 19.1. The average molecular weight is 272 g/mol. The number of aliphatic hydroxyl groups is 2. The van der Waals surface area contributed by atoms with Crippen LogP contribution in [-0.2, 0) is 0 Å². The van der Waals surface area contributed by atoms with E-state index in [0.717, 1.165) is 12.6 Å². The molecule has 0 atom stereocenters. The van der Waals surface area contributed by atoms with Crippen molar-refractivity contribution in [3.63, 3.8) is 0 Å². The van der Waals surface area contributed by atoms with Crippen LogP contribution >= 0.6 is 0 Å². The third kappa shape index (κ3) is 4.00. The van der Waals surface area contributed by atoms with E-state index in [-0.39, 0.29) is 19.0 Å². The Morgan fingerprint density at radius 3 is 2.53 bits per heavy atom. The molecule has 0 amide bonds. The van der Waals surface area contributed by atoms with Crippen LogP contribution in [-0.4, -0.2) is 45.5 Å². The third-order valence-electron chi connectivity index (χ3n) is 2.94. The molecule has 1 heterocycles. The van der Waals surface area contributed by atoms with Crippen LogP contribution in [0, 0.1) is 5.82 Å². The highest BCUT2D eigenvalue weighted by Crippen LogP contribution is 2.20. The minimum absolute atomic E-state index is 0.0291. The number of aromatic nitrogens is 2. The van der Waals surface area contributed by atoms with Gasteiger partial charge in [-0.2, -0.15) is 4.98 Å². The van der Waals surface area contributed by atoms with Crippen LogP contribution in [0.4, 0.5) is 16.2 Å². The quantitative estimate of drug-likeness (QED) is 0.564. The van der Waals surface area contributed by atoms with Crippen molar-refractivity contribution in [2.24, 2.45) is 0 Å². The number of rotatable bonds is 8. The number of aliphatic hydroxyl groups excluding tert-OH is 2. The van der Waals surface area contributed by atoms with Crippen LogP contribution in [0.1, 0.15) is 26.7 Å². The van der Waals surface area contributed by atoms with Crippen molar-refractivity contribution >= 4 is 11.8 Å². The van der Waals surface area contributed by atoms with Gasteiger partial charge in [0.05, 0.1) is 24.9 Å². The van der Waals surface area contributed by atoms with Gasteiger partial charge in [-0.3, -0.25) is 0 Å². The lowest BCUT2D eigenvalue weighted by molar-refractivity contribution is 0.132. The lowest BCUT2D eigenvalue weighted by Crippen LogP contribution is -2.45. The highest BCUT2D eigenvalue weighted by molar-refractivity contribution is 5.43. The third-order valence-corrected chi connectivity index (χ3v) is 2.94. The van der Waals surface area contributed by atoms with E-state index in [1.807, 2.05) is 6.92 Å². The summed E-state index contributed by atoms with van der Waals surface area (Å²) in [6.45, 7) is 3.83. The molecule has 0 aliphatic rings. The van der Waals surface area contributed by atoms with E-state index in [1.54, 1.807) is 6.92 Å². The number of nitrogens with one attached hydrogen (secondary N) is 2. The monoisotopic (exact) mass is 272 g/mol. The van der Waals surface area contributed by atoms with E-state index in [0.29, 0.717) is 18.9 Å². The fourth-order valence-corrected chi connectivity index (χ4v) is 1.47. The van der Waals surface area contributed by atoms with E-state index < -0.39 is 11.4 Å². The maximum Gasteiger partial charge on any atom is 0.224 e. The van der Waals surface area contributed by atoms with Crippen LogP contribution < -0.4 is 10.6 Å². The van der Waals surface area contributed by atoms with Crippen LogP contribution in [0.2, 0.25) is 0 Å². The zero-order valence-corrected chi connectivity index (χ0v) is 11.3. The van der Waals surface area contributed by atoms with Gasteiger partial charge in [0.25, 0.3) is 0 Å². The van der Waals surface area contributed by atoms with Crippen molar-refractivity contribution in [3.8, 4) is 0 Å². The summed E-state index contributed by atoms with van der Waals surface area (Å²) < 4.78 is 13.7. The summed E-state index contributed by atoms with van der Waals surface area (Å²) in [5.74, 6) is -0.341. The van der Waals surface area contributed by atoms with Gasteiger partial charge in [-0.25, -0.2) is 9.37 Å². The van der Waals surface area contributed by atoms with E-state index in [9.17, 15) is 14.6 Å². The van der Waals surface area contributed by atoms with Gasteiger partial charge in [0.15, 0.2) is 11.6 Å². The molecule has 0 saturated heterocycles. The Hall–Kier alpha value is -1.47. The zero-order chi connectivity index (χ0) is 14.3. The Labute approximate surface area is 112 Å². The number of halogens is 1. The first kappa shape index (κ1) is 15.6. The van der Waals surface area contributed by atoms with Crippen LogP contribution in [0.25, 0.3) is 0 Å². The molecule has 0 aliphatic carbocycles. The predicted molar refractivity (Wildman–Crippen MR) is 71.6 cm³/mol. The summed E-state index contributed by atoms with van der Waals surface area (Å²) >= 11 is 0. The van der Waals surface area contributed by atoms with Gasteiger partial charge in [-0.05, 0) is 12.8 Å². The van der Waals surface area contributed by atoms with Crippen LogP contribution in [0.5, 0.6) is 0 Å². The fraction of sp³-hybridized carbons (Fsp3) is 0.667. The smallest absolute Gasteiger partial charge is 0.224 e. The highest BCUT2D eigenvalue weighted by Gasteiger charge is 2.28. The van der Waals surface area contributed by atoms with Crippen molar-refractivity contribution < 1.29 is 14.6 Å². The SMILES string of the molecule is CCCNc1ncc(F)c(NC(CC)(CO)CO)n1. The average Bonchev–Trinajstić information content (AvgIpc) is 2.45. The second kappa shape index (κ2) is 7.20. The fourth-order valence-electron chi connectivity index (χ4n) is 1.47. The predicted octanol–water partition coefficient (Wildman–Crippen LogP) is 0.983. The van der Waals surface area contributed by atoms with Gasteiger partial charge in [-0.1, -0.05) is 13.8 Å². The molecule has 6 nitrogen and oxygen atoms in total. The first-order chi connectivity index (χ1) is 9.10. The van der Waals surface area contributed by atoms with Crippen molar-refractivity contribution in [1.29, 1.82) is 0 Å². The summed E-state index contributed by atoms with van der Waals surface area (Å²) in [5, 5.41) is 24.4. The van der Waals surface area contributed by atoms with Gasteiger partial charge in [0.1, 0.15) is 0 Å². The minimum Gasteiger partial charge on any atom is -0.394 e. The van der Waals surface area contributed by atoms with Crippen LogP contribution in [0.3, 0.4) is 0 Å². The summed E-state index contributed by atoms with van der Waals surface area (Å²) in [6, 6.07) is 0. The molecule has 0 aromatic carbocycles. The summed E-state index contributed by atoms with van der Waals surface area (Å²) in [4.78, 5) is 7.83. The molecule has 0 fully saturated rings. The van der Waals surface area contributed by atoms with Crippen molar-refractivity contribution in [3.05, 3.63) is 12.0 Å². The maximum absolute atomic E-state index is 13.7. The number of hydrogen-bond acceptors (Lipinski definition) is 6. The number of anilines is 2. The molecule has 108 valence electrons. The van der Waals surface area contributed by atoms with Crippen molar-refractivity contribution in [1.82, 2.24) is 9.97 Å². The summed E-state index contributed by atoms with van der Waals surface area (Å²) in [7, 11) is 0. The molecule has 1 rings (SSSR count). The van der Waals surface area contributed by atoms with Crippen molar-refractivity contribution in [2.45, 2.75) is 32.2 Å². The van der Waals surface area contributed by atoms with Crippen molar-refractivity contribution in [2.75, 3.05) is 30.4 Å². The van der Waals surface area contributed by atoms with Gasteiger partial charge < -0.3 is 20.8 Å². The van der Waals surface area contributed by atoms with E-state index >= 15 is 0 Å². The Bertz CT molecular complexity index is 391. The summed E-state index contributed by atoms with van der Waals surface area (Å²) in [5.41, 5.74) is -0.989. The summed E-state index contributed by atoms with van der Waals surface area (Å²) in [6.07, 6.45) is 2.39. The molecule has 19 heavy (non-hydrogen) atoms. The second-order valence-corrected chi connectivity index (χ2v) is 4.39. The molecule has 0 saturated carbocycles. The molecule has 7 heteroatoms. The molecule has 1 aromatic heterocycles. The molecule has 1 aromatic rings. The second-order valence-electron chi connectivity index (χ2n) is 4.39. The Morgan fingerprint density at radius 1 is 1.32 bits per heavy atom. The van der Waals surface area contributed by atoms with Crippen LogP contribution in [0.15, 0.2) is 6.20 Å². The molecule has 4 N–H and O–H groups in total. The Morgan fingerprint density at radius 2 is 2.00 bits per heavy atom. The first-order valence-electron chi connectivity index (χ1n) is 6.37. The molecule has 0 bridgehead atoms. The molecule has 0 radical (unpaired) electrons. The molecule has 0 unspecified atom stereocenters. The van der Waals surface area contributed by atoms with Gasteiger partial charge in [-0.15, -0.1) is 0 Å². The molecular formula is C12H21FN4O2. The normalized spacial score (nSPS) is 11.4. The first-order valence-corrected chi connectivity index (χ1v) is 6.37. The topological polar surface area (TPSA) is 90.3 Å². The van der Waals surface area contributed by atoms with E-state index in [1.165, 1.54) is 0 Å².